The fourth-order valence-corrected chi connectivity index (χ4v) is 2.71. The van der Waals surface area contributed by atoms with Gasteiger partial charge < -0.3 is 4.74 Å². The lowest BCUT2D eigenvalue weighted by Crippen LogP contribution is -2.27. The van der Waals surface area contributed by atoms with E-state index in [1.54, 1.807) is 14.0 Å². The zero-order valence-corrected chi connectivity index (χ0v) is 12.0. The van der Waals surface area contributed by atoms with Crippen molar-refractivity contribution in [1.82, 2.24) is 14.8 Å². The third-order valence-electron chi connectivity index (χ3n) is 3.81. The minimum Gasteiger partial charge on any atom is -0.460 e. The van der Waals surface area contributed by atoms with E-state index in [1.165, 1.54) is 4.68 Å². The van der Waals surface area contributed by atoms with Crippen molar-refractivity contribution in [2.24, 2.45) is 13.0 Å². The van der Waals surface area contributed by atoms with E-state index in [4.69, 9.17) is 4.74 Å². The molecule has 1 aliphatic carbocycles. The van der Waals surface area contributed by atoms with E-state index in [1.807, 2.05) is 0 Å². The Labute approximate surface area is 120 Å². The molecule has 5 nitrogen and oxygen atoms in total. The van der Waals surface area contributed by atoms with Gasteiger partial charge >= 0.3 is 12.1 Å². The molecule has 0 amide bonds. The summed E-state index contributed by atoms with van der Waals surface area (Å²) in [6, 6.07) is 0. The van der Waals surface area contributed by atoms with Crippen molar-refractivity contribution >= 4 is 5.97 Å². The van der Waals surface area contributed by atoms with Gasteiger partial charge in [0.05, 0.1) is 12.5 Å². The smallest absolute Gasteiger partial charge is 0.391 e. The van der Waals surface area contributed by atoms with Crippen LogP contribution in [0.15, 0.2) is 0 Å². The molecule has 0 spiro atoms. The first-order valence-corrected chi connectivity index (χ1v) is 6.97. The Balaban J connectivity index is 2.05. The number of alkyl halides is 3. The van der Waals surface area contributed by atoms with Gasteiger partial charge in [-0.2, -0.15) is 13.2 Å². The Morgan fingerprint density at radius 2 is 1.95 bits per heavy atom. The van der Waals surface area contributed by atoms with Gasteiger partial charge in [0.15, 0.2) is 0 Å². The Morgan fingerprint density at radius 1 is 1.33 bits per heavy atom. The van der Waals surface area contributed by atoms with Crippen LogP contribution in [0.3, 0.4) is 0 Å². The summed E-state index contributed by atoms with van der Waals surface area (Å²) in [4.78, 5) is 15.7. The fraction of sp³-hybridized carbons (Fsp3) is 0.769. The standard InChI is InChI=1S/C13H18F3N3O2/c1-3-21-12(20)10-17-11(19(2)18-10)8-4-6-9(7-5-8)13(14,15)16/h8-9H,3-7H2,1-2H3. The number of carbonyl (C=O) groups excluding carboxylic acids is 1. The number of hydrogen-bond donors (Lipinski definition) is 0. The van der Waals surface area contributed by atoms with Crippen LogP contribution >= 0.6 is 0 Å². The highest BCUT2D eigenvalue weighted by atomic mass is 19.4. The van der Waals surface area contributed by atoms with Gasteiger partial charge in [-0.25, -0.2) is 9.78 Å². The first kappa shape index (κ1) is 15.8. The summed E-state index contributed by atoms with van der Waals surface area (Å²) in [6.45, 7) is 1.91. The van der Waals surface area contributed by atoms with Gasteiger partial charge in [0.2, 0.25) is 0 Å². The second-order valence-electron chi connectivity index (χ2n) is 5.23. The number of nitrogens with zero attached hydrogens (tertiary/aromatic N) is 3. The van der Waals surface area contributed by atoms with Crippen LogP contribution in [0.25, 0.3) is 0 Å². The molecule has 1 heterocycles. The monoisotopic (exact) mass is 305 g/mol. The Bertz CT molecular complexity index is 505. The van der Waals surface area contributed by atoms with Gasteiger partial charge in [-0.1, -0.05) is 0 Å². The molecule has 1 saturated carbocycles. The molecule has 2 rings (SSSR count). The Hall–Kier alpha value is -1.60. The normalized spacial score (nSPS) is 23.1. The Kier molecular flexibility index (Phi) is 4.53. The molecule has 1 fully saturated rings. The van der Waals surface area contributed by atoms with E-state index < -0.39 is 18.1 Å². The molecular formula is C13H18F3N3O2. The summed E-state index contributed by atoms with van der Waals surface area (Å²) in [5.74, 6) is -1.41. The zero-order chi connectivity index (χ0) is 15.6. The van der Waals surface area contributed by atoms with E-state index in [2.05, 4.69) is 10.1 Å². The molecule has 1 aliphatic rings. The van der Waals surface area contributed by atoms with Crippen LogP contribution in [-0.2, 0) is 11.8 Å². The number of aromatic nitrogens is 3. The van der Waals surface area contributed by atoms with Crippen molar-refractivity contribution in [2.75, 3.05) is 6.61 Å². The number of rotatable bonds is 3. The molecule has 118 valence electrons. The molecule has 0 aliphatic heterocycles. The van der Waals surface area contributed by atoms with E-state index in [0.29, 0.717) is 18.7 Å². The molecule has 0 radical (unpaired) electrons. The number of carbonyl (C=O) groups is 1. The SMILES string of the molecule is CCOC(=O)c1nc(C2CCC(C(F)(F)F)CC2)n(C)n1. The molecule has 0 aromatic carbocycles. The molecule has 1 aromatic rings. The molecule has 0 unspecified atom stereocenters. The summed E-state index contributed by atoms with van der Waals surface area (Å²) in [5.41, 5.74) is 0. The largest absolute Gasteiger partial charge is 0.460 e. The lowest BCUT2D eigenvalue weighted by molar-refractivity contribution is -0.182. The molecule has 0 bridgehead atoms. The van der Waals surface area contributed by atoms with Crippen LogP contribution in [-0.4, -0.2) is 33.5 Å². The number of aryl methyl sites for hydroxylation is 1. The number of esters is 1. The zero-order valence-electron chi connectivity index (χ0n) is 12.0. The van der Waals surface area contributed by atoms with Gasteiger partial charge in [0.1, 0.15) is 5.82 Å². The van der Waals surface area contributed by atoms with E-state index in [-0.39, 0.29) is 31.2 Å². The summed E-state index contributed by atoms with van der Waals surface area (Å²) >= 11 is 0. The van der Waals surface area contributed by atoms with E-state index in [9.17, 15) is 18.0 Å². The van der Waals surface area contributed by atoms with Crippen molar-refractivity contribution in [3.05, 3.63) is 11.6 Å². The third kappa shape index (κ3) is 3.54. The van der Waals surface area contributed by atoms with Gasteiger partial charge in [-0.05, 0) is 32.6 Å². The van der Waals surface area contributed by atoms with E-state index >= 15 is 0 Å². The molecule has 1 aromatic heterocycles. The summed E-state index contributed by atoms with van der Waals surface area (Å²) in [6.07, 6.45) is -3.13. The van der Waals surface area contributed by atoms with Gasteiger partial charge in [0.25, 0.3) is 5.82 Å². The van der Waals surface area contributed by atoms with Gasteiger partial charge in [0, 0.05) is 13.0 Å². The first-order chi connectivity index (χ1) is 9.82. The van der Waals surface area contributed by atoms with Crippen LogP contribution in [0.5, 0.6) is 0 Å². The van der Waals surface area contributed by atoms with Gasteiger partial charge in [-0.15, -0.1) is 5.10 Å². The lowest BCUT2D eigenvalue weighted by Gasteiger charge is -2.29. The molecule has 8 heteroatoms. The van der Waals surface area contributed by atoms with Crippen LogP contribution in [0.1, 0.15) is 55.0 Å². The second kappa shape index (κ2) is 6.03. The maximum Gasteiger partial charge on any atom is 0.391 e. The van der Waals surface area contributed by atoms with Crippen molar-refractivity contribution in [3.8, 4) is 0 Å². The Morgan fingerprint density at radius 3 is 2.48 bits per heavy atom. The van der Waals surface area contributed by atoms with Crippen LogP contribution < -0.4 is 0 Å². The maximum absolute atomic E-state index is 12.7. The van der Waals surface area contributed by atoms with Crippen LogP contribution in [0.2, 0.25) is 0 Å². The molecular weight excluding hydrogens is 287 g/mol. The number of ether oxygens (including phenoxy) is 1. The summed E-state index contributed by atoms with van der Waals surface area (Å²) in [5, 5.41) is 3.98. The number of halogens is 3. The van der Waals surface area contributed by atoms with Crippen molar-refractivity contribution < 1.29 is 22.7 Å². The van der Waals surface area contributed by atoms with Gasteiger partial charge in [-0.3, -0.25) is 4.68 Å². The molecule has 0 saturated heterocycles. The summed E-state index contributed by atoms with van der Waals surface area (Å²) < 4.78 is 44.2. The summed E-state index contributed by atoms with van der Waals surface area (Å²) in [7, 11) is 1.64. The first-order valence-electron chi connectivity index (χ1n) is 6.97. The third-order valence-corrected chi connectivity index (χ3v) is 3.81. The van der Waals surface area contributed by atoms with Crippen LogP contribution in [0.4, 0.5) is 13.2 Å². The number of hydrogen-bond acceptors (Lipinski definition) is 4. The topological polar surface area (TPSA) is 57.0 Å². The van der Waals surface area contributed by atoms with Crippen molar-refractivity contribution in [1.29, 1.82) is 0 Å². The maximum atomic E-state index is 12.7. The molecule has 0 N–H and O–H groups in total. The second-order valence-corrected chi connectivity index (χ2v) is 5.23. The predicted octanol–water partition coefficient (Wildman–Crippen LogP) is 2.83. The highest BCUT2D eigenvalue weighted by Gasteiger charge is 2.42. The minimum absolute atomic E-state index is 0.0349. The average molecular weight is 305 g/mol. The van der Waals surface area contributed by atoms with Crippen molar-refractivity contribution in [3.63, 3.8) is 0 Å². The minimum atomic E-state index is -4.12. The van der Waals surface area contributed by atoms with Crippen molar-refractivity contribution in [2.45, 2.75) is 44.7 Å². The fourth-order valence-electron chi connectivity index (χ4n) is 2.71. The van der Waals surface area contributed by atoms with E-state index in [0.717, 1.165) is 0 Å². The predicted molar refractivity (Wildman–Crippen MR) is 67.7 cm³/mol. The molecule has 21 heavy (non-hydrogen) atoms. The highest BCUT2D eigenvalue weighted by Crippen LogP contribution is 2.42. The lowest BCUT2D eigenvalue weighted by atomic mass is 9.81. The quantitative estimate of drug-likeness (QED) is 0.806. The van der Waals surface area contributed by atoms with Crippen LogP contribution in [0, 0.1) is 5.92 Å². The average Bonchev–Trinajstić information content (AvgIpc) is 2.80. The molecule has 0 atom stereocenters. The highest BCUT2D eigenvalue weighted by molar-refractivity contribution is 5.85.